The average molecular weight is 686 g/mol. The zero-order chi connectivity index (χ0) is 36.3. The minimum absolute atomic E-state index is 0.194. The quantitative estimate of drug-likeness (QED) is 0.200. The Morgan fingerprint density at radius 3 is 2.36 bits per heavy atom. The largest absolute Gasteiger partial charge is 0.455 e. The summed E-state index contributed by atoms with van der Waals surface area (Å²) in [6, 6.07) is 12.6. The standard InChI is InChI=1S/C40H51N3O7/c1-8-10-19-31(45)41-27(7)35(28-17-12-11-13-18-28)49-39(48)32-30-20-21-40(50-30)33(32)37(46)43(29(23-44)24(3)4)36(40)38(47)42(22-9-2)34-25(5)15-14-16-26(34)6/h8-9,11-18,24,27,29-30,32-33,35-36,44H,1-2,10,19-23H2,3-7H3,(H,41,45)/t27-,29-,30-,32+,33+,35-,36-,40+/m0/s1. The summed E-state index contributed by atoms with van der Waals surface area (Å²) in [4.78, 5) is 60.0. The number of benzene rings is 2. The van der Waals surface area contributed by atoms with E-state index in [0.717, 1.165) is 16.8 Å². The molecule has 0 radical (unpaired) electrons. The molecule has 3 aliphatic rings. The van der Waals surface area contributed by atoms with Crippen molar-refractivity contribution in [2.24, 2.45) is 17.8 Å². The van der Waals surface area contributed by atoms with Crippen molar-refractivity contribution in [2.45, 2.75) is 96.2 Å². The van der Waals surface area contributed by atoms with Crippen LogP contribution in [0.15, 0.2) is 73.8 Å². The molecule has 8 atom stereocenters. The molecule has 0 aliphatic carbocycles. The van der Waals surface area contributed by atoms with E-state index in [2.05, 4.69) is 18.5 Å². The molecule has 5 rings (SSSR count). The predicted molar refractivity (Wildman–Crippen MR) is 191 cm³/mol. The van der Waals surface area contributed by atoms with E-state index in [9.17, 15) is 19.5 Å². The van der Waals surface area contributed by atoms with Crippen LogP contribution in [0.3, 0.4) is 0 Å². The highest BCUT2D eigenvalue weighted by atomic mass is 16.6. The van der Waals surface area contributed by atoms with Crippen LogP contribution in [0.1, 0.15) is 69.2 Å². The fourth-order valence-corrected chi connectivity index (χ4v) is 8.36. The second-order valence-electron chi connectivity index (χ2n) is 14.2. The van der Waals surface area contributed by atoms with Gasteiger partial charge >= 0.3 is 5.97 Å². The first kappa shape index (κ1) is 37.0. The fraction of sp³-hybridized carbons (Fsp3) is 0.500. The molecule has 3 saturated heterocycles. The number of aryl methyl sites for hydroxylation is 2. The molecule has 3 heterocycles. The van der Waals surface area contributed by atoms with Crippen molar-refractivity contribution >= 4 is 29.4 Å². The highest BCUT2D eigenvalue weighted by molar-refractivity contribution is 6.05. The summed E-state index contributed by atoms with van der Waals surface area (Å²) in [5, 5.41) is 13.6. The summed E-state index contributed by atoms with van der Waals surface area (Å²) in [5.74, 6) is -3.73. The van der Waals surface area contributed by atoms with Crippen LogP contribution in [-0.4, -0.2) is 76.7 Å². The van der Waals surface area contributed by atoms with E-state index in [-0.39, 0.29) is 37.3 Å². The molecule has 0 unspecified atom stereocenters. The number of para-hydroxylation sites is 1. The van der Waals surface area contributed by atoms with Gasteiger partial charge in [-0.1, -0.05) is 74.5 Å². The number of nitrogens with zero attached hydrogens (tertiary/aromatic N) is 2. The van der Waals surface area contributed by atoms with Crippen LogP contribution in [0, 0.1) is 31.6 Å². The van der Waals surface area contributed by atoms with Crippen LogP contribution in [0.2, 0.25) is 0 Å². The second kappa shape index (κ2) is 15.3. The normalized spacial score (nSPS) is 25.5. The Kier molecular flexibility index (Phi) is 11.3. The number of likely N-dealkylation sites (tertiary alicyclic amines) is 1. The Hall–Kier alpha value is -4.28. The highest BCUT2D eigenvalue weighted by Crippen LogP contribution is 2.59. The SMILES string of the molecule is C=CCCC(=O)N[C@@H](C)[C@H](OC(=O)[C@@H]1[C@@H]2CC[C@]3(O2)[C@H](C(=O)N(CC=C)c2c(C)cccc2C)N([C@@H](CO)C(C)C)C(=O)[C@@H]13)c1ccccc1. The van der Waals surface area contributed by atoms with Gasteiger partial charge in [-0.3, -0.25) is 19.2 Å². The van der Waals surface area contributed by atoms with Crippen LogP contribution in [-0.2, 0) is 28.7 Å². The lowest BCUT2D eigenvalue weighted by atomic mass is 9.70. The van der Waals surface area contributed by atoms with Crippen LogP contribution in [0.4, 0.5) is 5.69 Å². The van der Waals surface area contributed by atoms with Crippen molar-refractivity contribution < 1.29 is 33.8 Å². The number of aliphatic hydroxyl groups excluding tert-OH is 1. The lowest BCUT2D eigenvalue weighted by Crippen LogP contribution is -2.60. The van der Waals surface area contributed by atoms with Crippen LogP contribution in [0.25, 0.3) is 0 Å². The maximum absolute atomic E-state index is 15.0. The highest BCUT2D eigenvalue weighted by Gasteiger charge is 2.76. The molecule has 268 valence electrons. The zero-order valence-electron chi connectivity index (χ0n) is 29.8. The Morgan fingerprint density at radius 2 is 1.76 bits per heavy atom. The van der Waals surface area contributed by atoms with E-state index in [1.54, 1.807) is 24.0 Å². The molecule has 2 bridgehead atoms. The molecule has 3 amide bonds. The Balaban J connectivity index is 1.54. The first-order chi connectivity index (χ1) is 23.9. The number of anilines is 1. The first-order valence-electron chi connectivity index (χ1n) is 17.7. The minimum Gasteiger partial charge on any atom is -0.455 e. The van der Waals surface area contributed by atoms with E-state index in [1.165, 1.54) is 4.90 Å². The van der Waals surface area contributed by atoms with Gasteiger partial charge in [0.1, 0.15) is 17.7 Å². The molecule has 3 aliphatic heterocycles. The molecule has 10 heteroatoms. The third-order valence-corrected chi connectivity index (χ3v) is 10.6. The molecule has 0 saturated carbocycles. The lowest BCUT2D eigenvalue weighted by Gasteiger charge is -2.41. The Labute approximate surface area is 295 Å². The van der Waals surface area contributed by atoms with Gasteiger partial charge in [-0.15, -0.1) is 13.2 Å². The molecule has 2 aromatic rings. The van der Waals surface area contributed by atoms with Crippen molar-refractivity contribution in [3.8, 4) is 0 Å². The van der Waals surface area contributed by atoms with E-state index >= 15 is 4.79 Å². The summed E-state index contributed by atoms with van der Waals surface area (Å²) in [5.41, 5.74) is 1.91. The van der Waals surface area contributed by atoms with Gasteiger partial charge in [0.15, 0.2) is 0 Å². The smallest absolute Gasteiger partial charge is 0.313 e. The summed E-state index contributed by atoms with van der Waals surface area (Å²) >= 11 is 0. The van der Waals surface area contributed by atoms with Gasteiger partial charge in [-0.25, -0.2) is 0 Å². The van der Waals surface area contributed by atoms with Gasteiger partial charge in [-0.2, -0.15) is 0 Å². The number of aliphatic hydroxyl groups is 1. The van der Waals surface area contributed by atoms with E-state index in [1.807, 2.05) is 76.2 Å². The van der Waals surface area contributed by atoms with Gasteiger partial charge < -0.3 is 29.7 Å². The summed E-state index contributed by atoms with van der Waals surface area (Å²) in [6.07, 6.45) is 3.46. The van der Waals surface area contributed by atoms with Crippen molar-refractivity contribution in [1.29, 1.82) is 0 Å². The number of ether oxygens (including phenoxy) is 2. The van der Waals surface area contributed by atoms with Crippen molar-refractivity contribution in [2.75, 3.05) is 18.1 Å². The number of fused-ring (bicyclic) bond motifs is 1. The molecule has 0 aromatic heterocycles. The molecule has 50 heavy (non-hydrogen) atoms. The fourth-order valence-electron chi connectivity index (χ4n) is 8.36. The van der Waals surface area contributed by atoms with Crippen molar-refractivity contribution in [3.05, 3.63) is 90.5 Å². The number of rotatable bonds is 15. The number of nitrogens with one attached hydrogen (secondary N) is 1. The Bertz CT molecular complexity index is 1590. The number of hydrogen-bond acceptors (Lipinski definition) is 7. The van der Waals surface area contributed by atoms with Crippen molar-refractivity contribution in [3.63, 3.8) is 0 Å². The molecule has 1 spiro atoms. The van der Waals surface area contributed by atoms with Gasteiger partial charge in [0, 0.05) is 18.7 Å². The third kappa shape index (κ3) is 6.63. The maximum atomic E-state index is 15.0. The number of hydrogen-bond donors (Lipinski definition) is 2. The number of amides is 3. The number of esters is 1. The van der Waals surface area contributed by atoms with E-state index in [4.69, 9.17) is 9.47 Å². The van der Waals surface area contributed by atoms with Crippen LogP contribution in [0.5, 0.6) is 0 Å². The molecular weight excluding hydrogens is 634 g/mol. The molecule has 2 aromatic carbocycles. The summed E-state index contributed by atoms with van der Waals surface area (Å²) in [6.45, 7) is 16.9. The molecular formula is C40H51N3O7. The third-order valence-electron chi connectivity index (χ3n) is 10.6. The predicted octanol–water partition coefficient (Wildman–Crippen LogP) is 4.97. The zero-order valence-corrected chi connectivity index (χ0v) is 29.8. The number of carbonyl (C=O) groups is 4. The maximum Gasteiger partial charge on any atom is 0.313 e. The number of allylic oxidation sites excluding steroid dienone is 1. The summed E-state index contributed by atoms with van der Waals surface area (Å²) in [7, 11) is 0. The monoisotopic (exact) mass is 685 g/mol. The van der Waals surface area contributed by atoms with Crippen LogP contribution < -0.4 is 10.2 Å². The van der Waals surface area contributed by atoms with Gasteiger partial charge in [-0.05, 0) is 62.6 Å². The minimum atomic E-state index is -1.30. The first-order valence-corrected chi connectivity index (χ1v) is 17.7. The topological polar surface area (TPSA) is 125 Å². The average Bonchev–Trinajstić information content (AvgIpc) is 3.73. The second-order valence-corrected chi connectivity index (χ2v) is 14.2. The molecule has 2 N–H and O–H groups in total. The Morgan fingerprint density at radius 1 is 1.08 bits per heavy atom. The van der Waals surface area contributed by atoms with Gasteiger partial charge in [0.25, 0.3) is 5.91 Å². The lowest BCUT2D eigenvalue weighted by molar-refractivity contribution is -0.162. The van der Waals surface area contributed by atoms with Crippen LogP contribution >= 0.6 is 0 Å². The number of carbonyl (C=O) groups excluding carboxylic acids is 4. The molecule has 10 nitrogen and oxygen atoms in total. The van der Waals surface area contributed by atoms with Gasteiger partial charge in [0.2, 0.25) is 11.8 Å². The van der Waals surface area contributed by atoms with E-state index in [0.29, 0.717) is 24.8 Å². The van der Waals surface area contributed by atoms with Gasteiger partial charge in [0.05, 0.1) is 36.6 Å². The van der Waals surface area contributed by atoms with Crippen molar-refractivity contribution in [1.82, 2.24) is 10.2 Å². The summed E-state index contributed by atoms with van der Waals surface area (Å²) < 4.78 is 13.0. The van der Waals surface area contributed by atoms with E-state index < -0.39 is 59.6 Å². The molecule has 3 fully saturated rings.